The first-order valence-electron chi connectivity index (χ1n) is 2.19. The van der Waals surface area contributed by atoms with E-state index in [1.54, 1.807) is 0 Å². The maximum atomic E-state index is 9.84. The van der Waals surface area contributed by atoms with Gasteiger partial charge in [0.25, 0.3) is 0 Å². The molecule has 6 heavy (non-hydrogen) atoms. The van der Waals surface area contributed by atoms with Gasteiger partial charge < -0.3 is 0 Å². The molecule has 0 aromatic heterocycles. The summed E-state index contributed by atoms with van der Waals surface area (Å²) in [6, 6.07) is 0. The minimum Gasteiger partial charge on any atom is -0.232 e. The molecule has 0 N–H and O–H groups in total. The predicted molar refractivity (Wildman–Crippen MR) is 22.9 cm³/mol. The lowest BCUT2D eigenvalue weighted by Gasteiger charge is -2.07. The van der Waals surface area contributed by atoms with Crippen molar-refractivity contribution in [1.82, 2.24) is 0 Å². The Kier molecular flexibility index (Phi) is 0.926. The van der Waals surface area contributed by atoms with Crippen LogP contribution in [0, 0.1) is 0 Å². The Hall–Kier alpha value is -0.300. The maximum Gasteiger partial charge on any atom is 0.103 e. The summed E-state index contributed by atoms with van der Waals surface area (Å²) in [6.45, 7) is 0.0278. The van der Waals surface area contributed by atoms with Gasteiger partial charge >= 0.3 is 0 Å². The van der Waals surface area contributed by atoms with E-state index < -0.39 is 0 Å². The zero-order valence-electron chi connectivity index (χ0n) is 3.61. The zero-order valence-corrected chi connectivity index (χ0v) is 3.61. The van der Waals surface area contributed by atoms with Crippen molar-refractivity contribution in [2.75, 3.05) is 6.61 Å². The Morgan fingerprint density at radius 2 is 2.50 bits per heavy atom. The topological polar surface area (TPSA) is 19.9 Å². The molecular weight excluding hydrogens is 76.1 g/mol. The van der Waals surface area contributed by atoms with Crippen molar-refractivity contribution in [3.8, 4) is 0 Å². The molecule has 0 bridgehead atoms. The Balaban J connectivity index is 2.32. The van der Waals surface area contributed by atoms with Gasteiger partial charge in [0.15, 0.2) is 0 Å². The van der Waals surface area contributed by atoms with E-state index in [0.717, 1.165) is 18.4 Å². The van der Waals surface area contributed by atoms with Crippen LogP contribution in [0.4, 0.5) is 0 Å². The average molecular weight is 83.1 g/mol. The van der Waals surface area contributed by atoms with Crippen molar-refractivity contribution in [3.63, 3.8) is 0 Å². The summed E-state index contributed by atoms with van der Waals surface area (Å²) in [7, 11) is 0. The Morgan fingerprint density at radius 1 is 1.83 bits per heavy atom. The summed E-state index contributed by atoms with van der Waals surface area (Å²) in [6.07, 6.45) is 4.20. The first-order chi connectivity index (χ1) is 2.93. The van der Waals surface area contributed by atoms with Gasteiger partial charge in [-0.3, -0.25) is 0 Å². The van der Waals surface area contributed by atoms with Crippen LogP contribution in [0.25, 0.3) is 0 Å². The molecule has 0 unspecified atom stereocenters. The predicted octanol–water partition coefficient (Wildman–Crippen LogP) is 1.14. The van der Waals surface area contributed by atoms with Crippen molar-refractivity contribution in [2.24, 2.45) is 0 Å². The molecular formula is C5H7O. The van der Waals surface area contributed by atoms with Gasteiger partial charge in [-0.2, -0.15) is 0 Å². The normalized spacial score (nSPS) is 19.2. The summed E-state index contributed by atoms with van der Waals surface area (Å²) in [4.78, 5) is 0. The largest absolute Gasteiger partial charge is 0.232 e. The summed E-state index contributed by atoms with van der Waals surface area (Å²) < 4.78 is 0. The first kappa shape index (κ1) is 3.88. The molecule has 0 saturated heterocycles. The fourth-order valence-electron chi connectivity index (χ4n) is 0.480. The lowest BCUT2D eigenvalue weighted by atomic mass is 10.0. The van der Waals surface area contributed by atoms with Gasteiger partial charge in [-0.1, -0.05) is 6.08 Å². The lowest BCUT2D eigenvalue weighted by Crippen LogP contribution is -1.96. The molecule has 1 nitrogen and oxygen atoms in total. The molecule has 0 amide bonds. The minimum absolute atomic E-state index is 0.0278. The summed E-state index contributed by atoms with van der Waals surface area (Å²) >= 11 is 0. The van der Waals surface area contributed by atoms with Gasteiger partial charge in [0.1, 0.15) is 6.61 Å². The third kappa shape index (κ3) is 0.455. The smallest absolute Gasteiger partial charge is 0.103 e. The first-order valence-corrected chi connectivity index (χ1v) is 2.19. The molecule has 0 atom stereocenters. The fraction of sp³-hybridized carbons (Fsp3) is 0.600. The van der Waals surface area contributed by atoms with Crippen LogP contribution in [-0.2, 0) is 5.11 Å². The van der Waals surface area contributed by atoms with E-state index in [0.29, 0.717) is 0 Å². The van der Waals surface area contributed by atoms with E-state index in [4.69, 9.17) is 0 Å². The third-order valence-electron chi connectivity index (χ3n) is 1.08. The molecule has 1 aliphatic carbocycles. The summed E-state index contributed by atoms with van der Waals surface area (Å²) in [5.74, 6) is 0. The quantitative estimate of drug-likeness (QED) is 0.423. The van der Waals surface area contributed by atoms with Crippen LogP contribution in [0.5, 0.6) is 0 Å². The van der Waals surface area contributed by atoms with Crippen molar-refractivity contribution in [1.29, 1.82) is 0 Å². The maximum absolute atomic E-state index is 9.84. The van der Waals surface area contributed by atoms with Gasteiger partial charge in [-0.25, -0.2) is 5.11 Å². The van der Waals surface area contributed by atoms with E-state index in [-0.39, 0.29) is 6.61 Å². The summed E-state index contributed by atoms with van der Waals surface area (Å²) in [5.41, 5.74) is 1.09. The Labute approximate surface area is 37.3 Å². The van der Waals surface area contributed by atoms with E-state index in [1.165, 1.54) is 0 Å². The molecule has 1 rings (SSSR count). The highest BCUT2D eigenvalue weighted by atomic mass is 16.3. The van der Waals surface area contributed by atoms with E-state index >= 15 is 0 Å². The second-order valence-electron chi connectivity index (χ2n) is 1.55. The second kappa shape index (κ2) is 1.43. The lowest BCUT2D eigenvalue weighted by molar-refractivity contribution is 0.216. The van der Waals surface area contributed by atoms with Crippen molar-refractivity contribution in [2.45, 2.75) is 12.8 Å². The number of hydrogen-bond donors (Lipinski definition) is 0. The fourth-order valence-corrected chi connectivity index (χ4v) is 0.480. The highest BCUT2D eigenvalue weighted by Gasteiger charge is 2.01. The molecule has 0 saturated carbocycles. The standard InChI is InChI=1S/C5H7O/c6-4-5-2-1-3-5/h2H,1,3-4H2. The van der Waals surface area contributed by atoms with Crippen LogP contribution in [0.3, 0.4) is 0 Å². The van der Waals surface area contributed by atoms with Crippen LogP contribution >= 0.6 is 0 Å². The third-order valence-corrected chi connectivity index (χ3v) is 1.08. The van der Waals surface area contributed by atoms with E-state index in [9.17, 15) is 5.11 Å². The molecule has 1 aliphatic rings. The molecule has 1 radical (unpaired) electrons. The highest BCUT2D eigenvalue weighted by Crippen LogP contribution is 2.15. The van der Waals surface area contributed by atoms with E-state index in [1.807, 2.05) is 6.08 Å². The van der Waals surface area contributed by atoms with Crippen LogP contribution in [0.2, 0.25) is 0 Å². The van der Waals surface area contributed by atoms with Crippen molar-refractivity contribution >= 4 is 0 Å². The van der Waals surface area contributed by atoms with Crippen molar-refractivity contribution < 1.29 is 5.11 Å². The van der Waals surface area contributed by atoms with Gasteiger partial charge in [-0.05, 0) is 18.4 Å². The van der Waals surface area contributed by atoms with Crippen LogP contribution in [0.15, 0.2) is 11.6 Å². The van der Waals surface area contributed by atoms with Gasteiger partial charge in [0, 0.05) is 0 Å². The molecule has 0 aromatic rings. The average Bonchev–Trinajstić information content (AvgIpc) is 1.31. The molecule has 1 heteroatoms. The molecule has 0 heterocycles. The Morgan fingerprint density at radius 3 is 2.50 bits per heavy atom. The van der Waals surface area contributed by atoms with Gasteiger partial charge in [0.05, 0.1) is 0 Å². The van der Waals surface area contributed by atoms with Gasteiger partial charge in [-0.15, -0.1) is 0 Å². The SMILES string of the molecule is [O]CC1=CCC1. The van der Waals surface area contributed by atoms with Crippen LogP contribution in [0.1, 0.15) is 12.8 Å². The molecule has 0 aliphatic heterocycles. The number of rotatable bonds is 1. The number of allylic oxidation sites excluding steroid dienone is 1. The highest BCUT2D eigenvalue weighted by molar-refractivity contribution is 5.11. The molecule has 0 fully saturated rings. The van der Waals surface area contributed by atoms with E-state index in [2.05, 4.69) is 0 Å². The molecule has 0 spiro atoms. The second-order valence-corrected chi connectivity index (χ2v) is 1.55. The van der Waals surface area contributed by atoms with Gasteiger partial charge in [0.2, 0.25) is 0 Å². The van der Waals surface area contributed by atoms with Crippen LogP contribution in [-0.4, -0.2) is 6.61 Å². The molecule has 33 valence electrons. The number of hydrogen-bond acceptors (Lipinski definition) is 0. The Bertz CT molecular complexity index is 74.0. The van der Waals surface area contributed by atoms with Crippen LogP contribution < -0.4 is 0 Å². The monoisotopic (exact) mass is 83.0 g/mol. The van der Waals surface area contributed by atoms with Crippen molar-refractivity contribution in [3.05, 3.63) is 11.6 Å². The zero-order chi connectivity index (χ0) is 4.41. The minimum atomic E-state index is 0.0278. The summed E-state index contributed by atoms with van der Waals surface area (Å²) in [5, 5.41) is 9.84. The molecule has 0 aromatic carbocycles.